The Morgan fingerprint density at radius 3 is 2.27 bits per heavy atom. The van der Waals surface area contributed by atoms with Gasteiger partial charge in [-0.2, -0.15) is 5.26 Å². The van der Waals surface area contributed by atoms with E-state index in [-0.39, 0.29) is 17.7 Å². The first kappa shape index (κ1) is 27.6. The Balaban J connectivity index is 1.33. The van der Waals surface area contributed by atoms with Gasteiger partial charge in [0, 0.05) is 16.7 Å². The van der Waals surface area contributed by atoms with Crippen LogP contribution in [0.25, 0.3) is 0 Å². The van der Waals surface area contributed by atoms with Gasteiger partial charge in [-0.1, -0.05) is 41.9 Å². The van der Waals surface area contributed by atoms with Crippen LogP contribution in [0.4, 0.5) is 0 Å². The van der Waals surface area contributed by atoms with E-state index in [9.17, 15) is 10.1 Å². The second kappa shape index (κ2) is 12.1. The maximum Gasteiger partial charge on any atom is 0.343 e. The minimum atomic E-state index is -0.524. The molecule has 0 amide bonds. The van der Waals surface area contributed by atoms with Crippen LogP contribution < -0.4 is 24.7 Å². The summed E-state index contributed by atoms with van der Waals surface area (Å²) in [4.78, 5) is 12.8. The van der Waals surface area contributed by atoms with Crippen molar-refractivity contribution in [3.8, 4) is 29.1 Å². The van der Waals surface area contributed by atoms with E-state index in [0.717, 1.165) is 16.7 Å². The van der Waals surface area contributed by atoms with Crippen molar-refractivity contribution in [2.75, 3.05) is 0 Å². The molecule has 0 saturated heterocycles. The molecule has 7 nitrogen and oxygen atoms in total. The van der Waals surface area contributed by atoms with Crippen LogP contribution in [0, 0.1) is 11.3 Å². The number of fused-ring (bicyclic) bond motifs is 1. The van der Waals surface area contributed by atoms with Gasteiger partial charge >= 0.3 is 5.97 Å². The minimum absolute atomic E-state index is 0.00252. The second-order valence-corrected chi connectivity index (χ2v) is 10.1. The number of ether oxygens (including phenoxy) is 4. The van der Waals surface area contributed by atoms with Crippen LogP contribution >= 0.6 is 11.6 Å². The van der Waals surface area contributed by atoms with Crippen LogP contribution in [0.5, 0.6) is 23.0 Å². The molecule has 206 valence electrons. The summed E-state index contributed by atoms with van der Waals surface area (Å²) in [5.41, 5.74) is 9.38. The predicted octanol–water partition coefficient (Wildman–Crippen LogP) is 7.14. The lowest BCUT2D eigenvalue weighted by Crippen LogP contribution is -2.21. The van der Waals surface area contributed by atoms with Crippen LogP contribution in [-0.2, 0) is 6.61 Å². The molecule has 0 aliphatic carbocycles. The molecule has 1 atom stereocenters. The van der Waals surface area contributed by atoms with E-state index in [2.05, 4.69) is 6.07 Å². The van der Waals surface area contributed by atoms with Gasteiger partial charge in [0.1, 0.15) is 41.2 Å². The van der Waals surface area contributed by atoms with Gasteiger partial charge in [0.2, 0.25) is 5.88 Å². The molecule has 5 rings (SSSR count). The van der Waals surface area contributed by atoms with Crippen molar-refractivity contribution in [3.63, 3.8) is 0 Å². The molecule has 4 aromatic carbocycles. The van der Waals surface area contributed by atoms with Crippen LogP contribution in [-0.4, -0.2) is 12.1 Å². The van der Waals surface area contributed by atoms with Crippen molar-refractivity contribution >= 4 is 17.6 Å². The molecule has 0 aromatic heterocycles. The number of benzene rings is 4. The highest BCUT2D eigenvalue weighted by Gasteiger charge is 2.31. The SMILES string of the molecule is CC(C)Oc1ccc(C(=O)Oc2ccc3c(c2)OC(N)=C(C#N)C3c2ccc(OCc3ccc(Cl)cc3)cc2)cc1. The smallest absolute Gasteiger partial charge is 0.343 e. The first-order chi connectivity index (χ1) is 19.8. The van der Waals surface area contributed by atoms with E-state index in [1.54, 1.807) is 42.5 Å². The summed E-state index contributed by atoms with van der Waals surface area (Å²) in [5.74, 6) is 1.04. The number of nitrogens with two attached hydrogens (primary N) is 1. The van der Waals surface area contributed by atoms with Crippen molar-refractivity contribution in [3.05, 3.63) is 130 Å². The van der Waals surface area contributed by atoms with E-state index in [1.165, 1.54) is 0 Å². The first-order valence-corrected chi connectivity index (χ1v) is 13.4. The predicted molar refractivity (Wildman–Crippen MR) is 155 cm³/mol. The van der Waals surface area contributed by atoms with Gasteiger partial charge in [0.15, 0.2) is 0 Å². The fourth-order valence-electron chi connectivity index (χ4n) is 4.45. The van der Waals surface area contributed by atoms with Crippen LogP contribution in [0.15, 0.2) is 102 Å². The van der Waals surface area contributed by atoms with E-state index >= 15 is 0 Å². The zero-order chi connectivity index (χ0) is 28.9. The van der Waals surface area contributed by atoms with Crippen molar-refractivity contribution in [1.82, 2.24) is 0 Å². The molecule has 2 N–H and O–H groups in total. The summed E-state index contributed by atoms with van der Waals surface area (Å²) < 4.78 is 22.9. The number of halogens is 1. The van der Waals surface area contributed by atoms with Crippen LogP contribution in [0.2, 0.25) is 5.02 Å². The number of rotatable bonds is 8. The van der Waals surface area contributed by atoms with Crippen LogP contribution in [0.3, 0.4) is 0 Å². The quantitative estimate of drug-likeness (QED) is 0.178. The Kier molecular flexibility index (Phi) is 8.14. The zero-order valence-electron chi connectivity index (χ0n) is 22.5. The first-order valence-electron chi connectivity index (χ1n) is 13.0. The third-order valence-corrected chi connectivity index (χ3v) is 6.65. The third kappa shape index (κ3) is 6.46. The van der Waals surface area contributed by atoms with Gasteiger partial charge in [-0.05, 0) is 79.6 Å². The fourth-order valence-corrected chi connectivity index (χ4v) is 4.58. The fraction of sp³-hybridized carbons (Fsp3) is 0.152. The highest BCUT2D eigenvalue weighted by atomic mass is 35.5. The average Bonchev–Trinajstić information content (AvgIpc) is 2.96. The lowest BCUT2D eigenvalue weighted by molar-refractivity contribution is 0.0734. The molecule has 8 heteroatoms. The van der Waals surface area contributed by atoms with E-state index < -0.39 is 11.9 Å². The minimum Gasteiger partial charge on any atom is -0.491 e. The molecule has 0 saturated carbocycles. The molecular formula is C33H27ClN2O5. The standard InChI is InChI=1S/C33H27ClN2O5/c1-20(2)39-26-13-7-23(8-14-26)33(37)40-27-15-16-28-30(17-27)41-32(36)29(18-35)31(28)22-5-11-25(12-6-22)38-19-21-3-9-24(34)10-4-21/h3-17,20,31H,19,36H2,1-2H3. The Hall–Kier alpha value is -4.93. The molecular weight excluding hydrogens is 540 g/mol. The number of allylic oxidation sites excluding steroid dienone is 1. The van der Waals surface area contributed by atoms with E-state index in [0.29, 0.717) is 40.0 Å². The molecule has 1 heterocycles. The van der Waals surface area contributed by atoms with Crippen molar-refractivity contribution in [1.29, 1.82) is 5.26 Å². The summed E-state index contributed by atoms with van der Waals surface area (Å²) in [7, 11) is 0. The summed E-state index contributed by atoms with van der Waals surface area (Å²) in [6.45, 7) is 4.25. The lowest BCUT2D eigenvalue weighted by atomic mass is 9.83. The highest BCUT2D eigenvalue weighted by molar-refractivity contribution is 6.30. The van der Waals surface area contributed by atoms with Gasteiger partial charge in [-0.3, -0.25) is 0 Å². The molecule has 4 aromatic rings. The van der Waals surface area contributed by atoms with E-state index in [1.807, 2.05) is 62.4 Å². The molecule has 0 radical (unpaired) electrons. The Morgan fingerprint density at radius 2 is 1.61 bits per heavy atom. The number of esters is 1. The van der Waals surface area contributed by atoms with Gasteiger partial charge in [-0.25, -0.2) is 4.79 Å². The molecule has 0 fully saturated rings. The van der Waals surface area contributed by atoms with Crippen molar-refractivity contribution < 1.29 is 23.7 Å². The number of hydrogen-bond donors (Lipinski definition) is 1. The topological polar surface area (TPSA) is 104 Å². The van der Waals surface area contributed by atoms with Crippen molar-refractivity contribution in [2.24, 2.45) is 5.73 Å². The van der Waals surface area contributed by atoms with Gasteiger partial charge in [0.05, 0.1) is 17.6 Å². The Morgan fingerprint density at radius 1 is 0.951 bits per heavy atom. The number of carbonyl (C=O) groups is 1. The summed E-state index contributed by atoms with van der Waals surface area (Å²) >= 11 is 5.95. The Labute approximate surface area is 243 Å². The van der Waals surface area contributed by atoms with E-state index in [4.69, 9.17) is 36.3 Å². The van der Waals surface area contributed by atoms with Gasteiger partial charge < -0.3 is 24.7 Å². The number of nitrogens with zero attached hydrogens (tertiary/aromatic N) is 1. The third-order valence-electron chi connectivity index (χ3n) is 6.40. The normalized spacial score (nSPS) is 14.1. The largest absolute Gasteiger partial charge is 0.491 e. The second-order valence-electron chi connectivity index (χ2n) is 9.69. The number of carbonyl (C=O) groups excluding carboxylic acids is 1. The highest BCUT2D eigenvalue weighted by Crippen LogP contribution is 2.43. The molecule has 1 aliphatic rings. The molecule has 0 spiro atoms. The Bertz CT molecular complexity index is 1620. The molecule has 0 bridgehead atoms. The number of hydrogen-bond acceptors (Lipinski definition) is 7. The number of nitriles is 1. The van der Waals surface area contributed by atoms with Gasteiger partial charge in [0.25, 0.3) is 0 Å². The molecule has 1 aliphatic heterocycles. The summed E-state index contributed by atoms with van der Waals surface area (Å²) in [5, 5.41) is 10.6. The zero-order valence-corrected chi connectivity index (χ0v) is 23.2. The molecule has 41 heavy (non-hydrogen) atoms. The lowest BCUT2D eigenvalue weighted by Gasteiger charge is -2.26. The maximum absolute atomic E-state index is 12.8. The summed E-state index contributed by atoms with van der Waals surface area (Å²) in [6, 6.07) is 28.9. The van der Waals surface area contributed by atoms with Crippen molar-refractivity contribution in [2.45, 2.75) is 32.5 Å². The maximum atomic E-state index is 12.8. The summed E-state index contributed by atoms with van der Waals surface area (Å²) in [6.07, 6.45) is 0.0292. The monoisotopic (exact) mass is 566 g/mol. The molecule has 1 unspecified atom stereocenters. The van der Waals surface area contributed by atoms with Gasteiger partial charge in [-0.15, -0.1) is 0 Å². The average molecular weight is 567 g/mol. The van der Waals surface area contributed by atoms with Crippen LogP contribution in [0.1, 0.15) is 46.8 Å².